The number of hydrogen-bond donors (Lipinski definition) is 1. The Morgan fingerprint density at radius 1 is 1.16 bits per heavy atom. The maximum Gasteiger partial charge on any atom is 0.255 e. The molecule has 1 aliphatic rings. The summed E-state index contributed by atoms with van der Waals surface area (Å²) in [5, 5.41) is 11.7. The fraction of sp³-hybridized carbons (Fsp3) is 0.0500. The summed E-state index contributed by atoms with van der Waals surface area (Å²) >= 11 is 0. The summed E-state index contributed by atoms with van der Waals surface area (Å²) in [7, 11) is 0. The van der Waals surface area contributed by atoms with E-state index in [4.69, 9.17) is 9.68 Å². The van der Waals surface area contributed by atoms with Gasteiger partial charge < -0.3 is 9.73 Å². The summed E-state index contributed by atoms with van der Waals surface area (Å²) in [5.41, 5.74) is 5.64. The van der Waals surface area contributed by atoms with Crippen LogP contribution in [0.3, 0.4) is 0 Å². The Balaban J connectivity index is 1.58. The first-order chi connectivity index (χ1) is 12.2. The highest BCUT2D eigenvalue weighted by molar-refractivity contribution is 6.15. The monoisotopic (exact) mass is 327 g/mol. The largest absolute Gasteiger partial charge is 0.472 e. The number of carbonyl (C=O) groups excluding carboxylic acids is 1. The summed E-state index contributed by atoms with van der Waals surface area (Å²) in [6.07, 6.45) is 3.28. The molecule has 4 rings (SSSR count). The van der Waals surface area contributed by atoms with Crippen LogP contribution in [0.25, 0.3) is 0 Å². The van der Waals surface area contributed by atoms with E-state index in [1.807, 2.05) is 30.3 Å². The lowest BCUT2D eigenvalue weighted by atomic mass is 10.0. The maximum absolute atomic E-state index is 12.4. The highest BCUT2D eigenvalue weighted by Crippen LogP contribution is 2.26. The van der Waals surface area contributed by atoms with E-state index in [1.54, 1.807) is 36.8 Å². The van der Waals surface area contributed by atoms with Crippen molar-refractivity contribution in [2.24, 2.45) is 4.99 Å². The Kier molecular flexibility index (Phi) is 3.64. The van der Waals surface area contributed by atoms with Crippen LogP contribution in [0.5, 0.6) is 0 Å². The average Bonchev–Trinajstić information content (AvgIpc) is 3.30. The molecule has 0 bridgehead atoms. The standard InChI is InChI=1S/C20H13N3O2/c21-10-13-1-3-14(4-2-13)20(24)23-17-6-5-15-11-22-19(18(15)9-17)16-7-8-25-12-16/h1-9,12H,11H2,(H,23,24). The van der Waals surface area contributed by atoms with E-state index in [1.165, 1.54) is 0 Å². The lowest BCUT2D eigenvalue weighted by molar-refractivity contribution is 0.102. The van der Waals surface area contributed by atoms with Gasteiger partial charge in [0, 0.05) is 22.4 Å². The number of nitriles is 1. The number of carbonyl (C=O) groups is 1. The molecule has 0 fully saturated rings. The zero-order valence-corrected chi connectivity index (χ0v) is 13.2. The molecule has 2 heterocycles. The summed E-state index contributed by atoms with van der Waals surface area (Å²) in [5.74, 6) is -0.218. The fourth-order valence-corrected chi connectivity index (χ4v) is 2.81. The van der Waals surface area contributed by atoms with Crippen molar-refractivity contribution in [3.8, 4) is 6.07 Å². The fourth-order valence-electron chi connectivity index (χ4n) is 2.81. The van der Waals surface area contributed by atoms with Crippen LogP contribution >= 0.6 is 0 Å². The zero-order valence-electron chi connectivity index (χ0n) is 13.2. The van der Waals surface area contributed by atoms with Crippen LogP contribution in [0.15, 0.2) is 70.5 Å². The Labute approximate surface area is 144 Å². The van der Waals surface area contributed by atoms with Crippen LogP contribution < -0.4 is 5.32 Å². The van der Waals surface area contributed by atoms with E-state index >= 15 is 0 Å². The van der Waals surface area contributed by atoms with E-state index in [0.29, 0.717) is 23.4 Å². The Bertz CT molecular complexity index is 1010. The molecular weight excluding hydrogens is 314 g/mol. The minimum absolute atomic E-state index is 0.218. The Morgan fingerprint density at radius 3 is 2.72 bits per heavy atom. The van der Waals surface area contributed by atoms with Crippen LogP contribution in [0.1, 0.15) is 32.6 Å². The van der Waals surface area contributed by atoms with Crippen LogP contribution in [-0.4, -0.2) is 11.6 Å². The molecule has 5 nitrogen and oxygen atoms in total. The van der Waals surface area contributed by atoms with Gasteiger partial charge in [0.25, 0.3) is 5.91 Å². The lowest BCUT2D eigenvalue weighted by Crippen LogP contribution is -2.12. The van der Waals surface area contributed by atoms with Crippen molar-refractivity contribution >= 4 is 17.3 Å². The van der Waals surface area contributed by atoms with Crippen LogP contribution in [0.2, 0.25) is 0 Å². The van der Waals surface area contributed by atoms with Gasteiger partial charge in [0.1, 0.15) is 0 Å². The summed E-state index contributed by atoms with van der Waals surface area (Å²) < 4.78 is 5.14. The SMILES string of the molecule is N#Cc1ccc(C(=O)Nc2ccc3c(c2)C(c2ccoc2)=NC3)cc1. The molecule has 0 saturated heterocycles. The molecule has 1 amide bonds. The number of rotatable bonds is 3. The minimum atomic E-state index is -0.218. The smallest absolute Gasteiger partial charge is 0.255 e. The molecule has 25 heavy (non-hydrogen) atoms. The minimum Gasteiger partial charge on any atom is -0.472 e. The second-order valence-corrected chi connectivity index (χ2v) is 5.69. The van der Waals surface area contributed by atoms with Gasteiger partial charge in [-0.25, -0.2) is 0 Å². The first-order valence-electron chi connectivity index (χ1n) is 7.76. The second kappa shape index (κ2) is 6.10. The number of aliphatic imine (C=N–C) groups is 1. The van der Waals surface area contributed by atoms with Crippen LogP contribution in [0, 0.1) is 11.3 Å². The molecule has 0 saturated carbocycles. The summed E-state index contributed by atoms with van der Waals surface area (Å²) in [6.45, 7) is 0.625. The van der Waals surface area contributed by atoms with Crippen LogP contribution in [0.4, 0.5) is 5.69 Å². The molecule has 0 aliphatic carbocycles. The maximum atomic E-state index is 12.4. The quantitative estimate of drug-likeness (QED) is 0.795. The van der Waals surface area contributed by atoms with Gasteiger partial charge in [-0.1, -0.05) is 6.07 Å². The number of hydrogen-bond acceptors (Lipinski definition) is 4. The highest BCUT2D eigenvalue weighted by Gasteiger charge is 2.19. The van der Waals surface area contributed by atoms with Crippen LogP contribution in [-0.2, 0) is 6.54 Å². The van der Waals surface area contributed by atoms with Gasteiger partial charge in [-0.2, -0.15) is 5.26 Å². The van der Waals surface area contributed by atoms with Crippen molar-refractivity contribution in [3.05, 3.63) is 88.9 Å². The van der Waals surface area contributed by atoms with E-state index in [-0.39, 0.29) is 5.91 Å². The third kappa shape index (κ3) is 2.81. The zero-order chi connectivity index (χ0) is 17.2. The number of nitrogens with zero attached hydrogens (tertiary/aromatic N) is 2. The molecule has 2 aromatic carbocycles. The molecule has 0 atom stereocenters. The lowest BCUT2D eigenvalue weighted by Gasteiger charge is -2.08. The van der Waals surface area contributed by atoms with Gasteiger partial charge in [-0.15, -0.1) is 0 Å². The van der Waals surface area contributed by atoms with E-state index in [0.717, 1.165) is 22.4 Å². The molecule has 1 aromatic heterocycles. The van der Waals surface area contributed by atoms with Gasteiger partial charge >= 0.3 is 0 Å². The second-order valence-electron chi connectivity index (χ2n) is 5.69. The predicted molar refractivity (Wildman–Crippen MR) is 93.6 cm³/mol. The van der Waals surface area contributed by atoms with Gasteiger partial charge in [0.05, 0.1) is 36.4 Å². The molecular formula is C20H13N3O2. The number of amides is 1. The number of furan rings is 1. The third-order valence-electron chi connectivity index (χ3n) is 4.10. The van der Waals surface area contributed by atoms with Crippen molar-refractivity contribution in [1.29, 1.82) is 5.26 Å². The molecule has 120 valence electrons. The van der Waals surface area contributed by atoms with E-state index in [2.05, 4.69) is 10.3 Å². The van der Waals surface area contributed by atoms with Gasteiger partial charge in [-0.3, -0.25) is 9.79 Å². The molecule has 0 unspecified atom stereocenters. The van der Waals surface area contributed by atoms with Crippen molar-refractivity contribution in [3.63, 3.8) is 0 Å². The first kappa shape index (κ1) is 14.9. The molecule has 1 aliphatic heterocycles. The summed E-state index contributed by atoms with van der Waals surface area (Å²) in [4.78, 5) is 16.9. The molecule has 0 radical (unpaired) electrons. The average molecular weight is 327 g/mol. The van der Waals surface area contributed by atoms with Gasteiger partial charge in [0.2, 0.25) is 0 Å². The molecule has 3 aromatic rings. The third-order valence-corrected chi connectivity index (χ3v) is 4.10. The molecule has 5 heteroatoms. The summed E-state index contributed by atoms with van der Waals surface area (Å²) in [6, 6.07) is 16.2. The normalized spacial score (nSPS) is 12.2. The van der Waals surface area contributed by atoms with Gasteiger partial charge in [0.15, 0.2) is 0 Å². The molecule has 0 spiro atoms. The van der Waals surface area contributed by atoms with Crippen molar-refractivity contribution < 1.29 is 9.21 Å². The van der Waals surface area contributed by atoms with E-state index in [9.17, 15) is 4.79 Å². The Hall–Kier alpha value is -3.65. The van der Waals surface area contributed by atoms with Gasteiger partial charge in [-0.05, 0) is 48.0 Å². The number of anilines is 1. The number of nitrogens with one attached hydrogen (secondary N) is 1. The number of benzene rings is 2. The van der Waals surface area contributed by atoms with Crippen molar-refractivity contribution in [2.75, 3.05) is 5.32 Å². The van der Waals surface area contributed by atoms with Crippen molar-refractivity contribution in [2.45, 2.75) is 6.54 Å². The first-order valence-corrected chi connectivity index (χ1v) is 7.76. The Morgan fingerprint density at radius 2 is 2.00 bits per heavy atom. The predicted octanol–water partition coefficient (Wildman–Crippen LogP) is 3.75. The van der Waals surface area contributed by atoms with Crippen molar-refractivity contribution in [1.82, 2.24) is 0 Å². The highest BCUT2D eigenvalue weighted by atomic mass is 16.3. The van der Waals surface area contributed by atoms with E-state index < -0.39 is 0 Å². The molecule has 1 N–H and O–H groups in total. The topological polar surface area (TPSA) is 78.4 Å². The number of fused-ring (bicyclic) bond motifs is 1.